The van der Waals surface area contributed by atoms with E-state index in [9.17, 15) is 9.59 Å². The second kappa shape index (κ2) is 10.9. The van der Waals surface area contributed by atoms with Crippen molar-refractivity contribution < 1.29 is 36.1 Å². The average Bonchev–Trinajstić information content (AvgIpc) is 3.08. The number of hydrogen-bond donors (Lipinski definition) is 0. The van der Waals surface area contributed by atoms with Crippen molar-refractivity contribution in [1.29, 1.82) is 0 Å². The van der Waals surface area contributed by atoms with Crippen LogP contribution >= 0.6 is 0 Å². The third-order valence-corrected chi connectivity index (χ3v) is 2.35. The van der Waals surface area contributed by atoms with E-state index in [2.05, 4.69) is 0 Å². The summed E-state index contributed by atoms with van der Waals surface area (Å²) >= 11 is 0. The van der Waals surface area contributed by atoms with Crippen LogP contribution in [0.5, 0.6) is 0 Å². The summed E-state index contributed by atoms with van der Waals surface area (Å²) in [5, 5.41) is 0. The van der Waals surface area contributed by atoms with Crippen molar-refractivity contribution in [3.05, 3.63) is 59.7 Å². The minimum atomic E-state index is -0.235. The molecular weight excluding hydrogens is 312 g/mol. The smallest absolute Gasteiger partial charge is 0.474 e. The van der Waals surface area contributed by atoms with Gasteiger partial charge in [0.25, 0.3) is 0 Å². The third-order valence-electron chi connectivity index (χ3n) is 2.35. The van der Waals surface area contributed by atoms with Crippen molar-refractivity contribution in [2.24, 2.45) is 0 Å². The van der Waals surface area contributed by atoms with Gasteiger partial charge in [0.2, 0.25) is 0 Å². The molecule has 0 saturated carbocycles. The molecule has 5 heteroatoms. The average molecular weight is 330 g/mol. The first-order chi connectivity index (χ1) is 9.58. The van der Waals surface area contributed by atoms with E-state index in [4.69, 9.17) is 9.47 Å². The summed E-state index contributed by atoms with van der Waals surface area (Å²) in [6, 6.07) is 15.3. The van der Waals surface area contributed by atoms with Crippen LogP contribution in [0.4, 0.5) is 0 Å². The van der Waals surface area contributed by atoms with Crippen LogP contribution in [0.1, 0.15) is 25.0 Å². The zero-order chi connectivity index (χ0) is 14.8. The molecule has 0 aliphatic carbocycles. The Morgan fingerprint density at radius 3 is 1.29 bits per heavy atom. The van der Waals surface area contributed by atoms with Gasteiger partial charge < -0.3 is 9.47 Å². The molecule has 2 aromatic carbocycles. The molecule has 4 nitrogen and oxygen atoms in total. The van der Waals surface area contributed by atoms with Crippen LogP contribution in [-0.2, 0) is 49.3 Å². The minimum Gasteiger partial charge on any atom is -0.474 e. The fraction of sp³-hybridized carbons (Fsp3) is 0.250. The van der Waals surface area contributed by atoms with E-state index in [1.807, 2.05) is 48.5 Å². The zero-order valence-corrected chi connectivity index (χ0v) is 13.1. The Morgan fingerprint density at radius 1 is 0.762 bits per heavy atom. The third kappa shape index (κ3) is 9.66. The monoisotopic (exact) mass is 330 g/mol. The molecule has 0 unspecified atom stereocenters. The van der Waals surface area contributed by atoms with Crippen molar-refractivity contribution in [3.8, 4) is 0 Å². The second-order valence-electron chi connectivity index (χ2n) is 4.15. The summed E-state index contributed by atoms with van der Waals surface area (Å²) in [6.45, 7) is 3.59. The molecule has 0 radical (unpaired) electrons. The van der Waals surface area contributed by atoms with E-state index < -0.39 is 0 Å². The standard InChI is InChI=1S/2C8H9O2.Fe/c2*1-7(9)10-6-8-4-2-3-5-8;/h2*2-5H,6H2,1H3;/q2*-1;+2. The molecule has 114 valence electrons. The van der Waals surface area contributed by atoms with Gasteiger partial charge in [0.1, 0.15) is 0 Å². The Labute approximate surface area is 135 Å². The minimum absolute atomic E-state index is 0. The first kappa shape index (κ1) is 19.2. The van der Waals surface area contributed by atoms with Crippen molar-refractivity contribution in [1.82, 2.24) is 0 Å². The van der Waals surface area contributed by atoms with E-state index >= 15 is 0 Å². The Morgan fingerprint density at radius 2 is 1.05 bits per heavy atom. The Hall–Kier alpha value is -1.84. The van der Waals surface area contributed by atoms with Crippen molar-refractivity contribution >= 4 is 11.9 Å². The summed E-state index contributed by atoms with van der Waals surface area (Å²) in [7, 11) is 0. The Kier molecular flexibility index (Phi) is 9.93. The van der Waals surface area contributed by atoms with Crippen LogP contribution in [0.2, 0.25) is 0 Å². The summed E-state index contributed by atoms with van der Waals surface area (Å²) in [5.41, 5.74) is 2.07. The number of esters is 2. The van der Waals surface area contributed by atoms with Gasteiger partial charge in [-0.2, -0.15) is 24.3 Å². The first-order valence-corrected chi connectivity index (χ1v) is 6.26. The second-order valence-corrected chi connectivity index (χ2v) is 4.15. The van der Waals surface area contributed by atoms with Gasteiger partial charge in [-0.15, -0.1) is 11.1 Å². The van der Waals surface area contributed by atoms with Gasteiger partial charge in [0.05, 0.1) is 13.2 Å². The van der Waals surface area contributed by atoms with Gasteiger partial charge in [-0.3, -0.25) is 9.59 Å². The molecule has 0 heterocycles. The number of rotatable bonds is 4. The molecule has 0 bridgehead atoms. The molecule has 0 aliphatic rings. The van der Waals surface area contributed by atoms with Crippen LogP contribution in [-0.4, -0.2) is 11.9 Å². The summed E-state index contributed by atoms with van der Waals surface area (Å²) < 4.78 is 9.49. The molecule has 0 aromatic heterocycles. The van der Waals surface area contributed by atoms with Crippen LogP contribution < -0.4 is 0 Å². The molecule has 0 amide bonds. The maximum absolute atomic E-state index is 10.3. The molecule has 0 fully saturated rings. The predicted molar refractivity (Wildman–Crippen MR) is 75.0 cm³/mol. The van der Waals surface area contributed by atoms with Crippen molar-refractivity contribution in [2.75, 3.05) is 0 Å². The van der Waals surface area contributed by atoms with E-state index in [1.165, 1.54) is 13.8 Å². The van der Waals surface area contributed by atoms with Crippen LogP contribution in [0.25, 0.3) is 0 Å². The quantitative estimate of drug-likeness (QED) is 0.491. The van der Waals surface area contributed by atoms with E-state index in [-0.39, 0.29) is 29.0 Å². The molecule has 0 atom stereocenters. The zero-order valence-electron chi connectivity index (χ0n) is 12.0. The van der Waals surface area contributed by atoms with Crippen molar-refractivity contribution in [3.63, 3.8) is 0 Å². The number of carbonyl (C=O) groups is 2. The largest absolute Gasteiger partial charge is 2.00 e. The molecule has 2 rings (SSSR count). The fourth-order valence-corrected chi connectivity index (χ4v) is 1.39. The van der Waals surface area contributed by atoms with E-state index in [1.54, 1.807) is 0 Å². The summed E-state index contributed by atoms with van der Waals surface area (Å²) in [4.78, 5) is 20.6. The van der Waals surface area contributed by atoms with Gasteiger partial charge in [-0.25, -0.2) is 24.3 Å². The van der Waals surface area contributed by atoms with E-state index in [0.717, 1.165) is 11.1 Å². The number of ether oxygens (including phenoxy) is 2. The van der Waals surface area contributed by atoms with Crippen LogP contribution in [0.3, 0.4) is 0 Å². The molecule has 0 N–H and O–H groups in total. The van der Waals surface area contributed by atoms with Crippen molar-refractivity contribution in [2.45, 2.75) is 27.1 Å². The molecule has 0 aliphatic heterocycles. The molecular formula is C16H18FeO4. The Balaban J connectivity index is 0.000000364. The normalized spacial score (nSPS) is 8.86. The SMILES string of the molecule is CC(=O)OC[c-]1cccc1.CC(=O)OC[c-]1cccc1.[Fe+2]. The number of carbonyl (C=O) groups excluding carboxylic acids is 2. The van der Waals surface area contributed by atoms with Gasteiger partial charge in [-0.1, -0.05) is 0 Å². The maximum Gasteiger partial charge on any atom is 2.00 e. The van der Waals surface area contributed by atoms with Crippen LogP contribution in [0.15, 0.2) is 48.5 Å². The molecule has 2 aromatic rings. The Bertz CT molecular complexity index is 452. The molecule has 0 saturated heterocycles. The molecule has 0 spiro atoms. The predicted octanol–water partition coefficient (Wildman–Crippen LogP) is 2.93. The van der Waals surface area contributed by atoms with Gasteiger partial charge >= 0.3 is 29.0 Å². The summed E-state index contributed by atoms with van der Waals surface area (Å²) in [6.07, 6.45) is 0. The van der Waals surface area contributed by atoms with Gasteiger partial charge in [0, 0.05) is 13.8 Å². The van der Waals surface area contributed by atoms with Gasteiger partial charge in [0.15, 0.2) is 0 Å². The fourth-order valence-electron chi connectivity index (χ4n) is 1.39. The molecule has 21 heavy (non-hydrogen) atoms. The first-order valence-electron chi connectivity index (χ1n) is 6.26. The van der Waals surface area contributed by atoms with Crippen LogP contribution in [0, 0.1) is 0 Å². The maximum atomic E-state index is 10.3. The topological polar surface area (TPSA) is 52.6 Å². The van der Waals surface area contributed by atoms with E-state index in [0.29, 0.717) is 13.2 Å². The van der Waals surface area contributed by atoms with Gasteiger partial charge in [-0.05, 0) is 0 Å². The summed E-state index contributed by atoms with van der Waals surface area (Å²) in [5.74, 6) is -0.470. The number of hydrogen-bond acceptors (Lipinski definition) is 4.